The van der Waals surface area contributed by atoms with E-state index in [1.54, 1.807) is 30.2 Å². The zero-order chi connectivity index (χ0) is 23.8. The molecule has 0 N–H and O–H groups in total. The molecule has 0 spiro atoms. The minimum absolute atomic E-state index is 0. The molecule has 5 nitrogen and oxygen atoms in total. The van der Waals surface area contributed by atoms with Crippen LogP contribution in [0.5, 0.6) is 0 Å². The van der Waals surface area contributed by atoms with Gasteiger partial charge in [-0.2, -0.15) is 25.5 Å². The molecule has 0 unspecified atom stereocenters. The molecule has 33 heavy (non-hydrogen) atoms. The van der Waals surface area contributed by atoms with E-state index in [9.17, 15) is 22.0 Å². The number of anilines is 1. The molecule has 0 radical (unpaired) electrons. The van der Waals surface area contributed by atoms with Crippen LogP contribution in [0.1, 0.15) is 30.0 Å². The number of halogens is 2. The molecule has 1 aliphatic rings. The van der Waals surface area contributed by atoms with Gasteiger partial charge in [0.05, 0.1) is 11.3 Å². The Morgan fingerprint density at radius 3 is 2.36 bits per heavy atom. The van der Waals surface area contributed by atoms with Gasteiger partial charge in [0, 0.05) is 29.5 Å². The monoisotopic (exact) mass is 482 g/mol. The molecule has 3 aromatic rings. The minimum atomic E-state index is -2.32. The van der Waals surface area contributed by atoms with E-state index in [0.717, 1.165) is 16.8 Å². The van der Waals surface area contributed by atoms with Crippen molar-refractivity contribution in [1.29, 1.82) is 0 Å². The molecule has 10 heteroatoms. The van der Waals surface area contributed by atoms with Crippen molar-refractivity contribution in [1.82, 2.24) is 4.98 Å². The van der Waals surface area contributed by atoms with Crippen LogP contribution in [0, 0.1) is 25.5 Å². The van der Waals surface area contributed by atoms with Gasteiger partial charge in [-0.05, 0) is 35.8 Å². The summed E-state index contributed by atoms with van der Waals surface area (Å²) >= 11 is 1.43. The number of likely N-dealkylation sites (N-methyl/N-ethyl adjacent to an activating group) is 1. The molecule has 0 bridgehead atoms. The third-order valence-electron chi connectivity index (χ3n) is 4.27. The van der Waals surface area contributed by atoms with Crippen molar-refractivity contribution in [2.75, 3.05) is 11.4 Å². The number of carbonyl (C=O) groups excluding carboxylic acids is 1. The molecule has 2 aromatic carbocycles. The zero-order valence-electron chi connectivity index (χ0n) is 18.5. The van der Waals surface area contributed by atoms with Crippen molar-refractivity contribution in [3.8, 4) is 0 Å². The fraction of sp³-hybridized carbons (Fsp3) is 0.130. The minimum Gasteiger partial charge on any atom is -0.420 e. The van der Waals surface area contributed by atoms with E-state index in [2.05, 4.69) is 18.8 Å². The van der Waals surface area contributed by atoms with Gasteiger partial charge < -0.3 is 20.2 Å². The number of benzene rings is 2. The number of fused-ring (bicyclic) bond motifs is 1. The predicted octanol–water partition coefficient (Wildman–Crippen LogP) is 2.71. The van der Waals surface area contributed by atoms with Gasteiger partial charge in [-0.25, -0.2) is 9.37 Å². The van der Waals surface area contributed by atoms with E-state index >= 15 is 0 Å². The van der Waals surface area contributed by atoms with Crippen LogP contribution in [0.2, 0.25) is 0 Å². The summed E-state index contributed by atoms with van der Waals surface area (Å²) in [4.78, 5) is 18.4. The van der Waals surface area contributed by atoms with Gasteiger partial charge in [0.15, 0.2) is 0 Å². The molecule has 170 valence electrons. The number of thiazole rings is 1. The maximum absolute atomic E-state index is 12.5. The number of nitrogens with zero attached hydrogens (tertiary/aromatic N) is 2. The third kappa shape index (κ3) is 7.02. The summed E-state index contributed by atoms with van der Waals surface area (Å²) < 4.78 is 46.6. The molecular formula is C23H21F2LiN2O3S2-2. The molecule has 1 amide bonds. The molecule has 0 saturated heterocycles. The first-order valence-corrected chi connectivity index (χ1v) is 11.4. The Morgan fingerprint density at radius 2 is 1.85 bits per heavy atom. The largest absolute Gasteiger partial charge is 1.00 e. The molecule has 0 atom stereocenters. The Balaban J connectivity index is 0.000000383. The predicted molar refractivity (Wildman–Crippen MR) is 123 cm³/mol. The second-order valence-corrected chi connectivity index (χ2v) is 7.99. The molecule has 4 rings (SSSR count). The van der Waals surface area contributed by atoms with E-state index in [1.807, 2.05) is 12.3 Å². The quantitative estimate of drug-likeness (QED) is 0.249. The second-order valence-electron chi connectivity index (χ2n) is 6.13. The van der Waals surface area contributed by atoms with Crippen LogP contribution < -0.4 is 23.8 Å². The maximum atomic E-state index is 12.5. The summed E-state index contributed by atoms with van der Waals surface area (Å²) in [5, 5.41) is 2.55. The maximum Gasteiger partial charge on any atom is 1.00 e. The molecule has 1 aromatic heterocycles. The first-order valence-electron chi connectivity index (χ1n) is 9.46. The van der Waals surface area contributed by atoms with Gasteiger partial charge in [0.2, 0.25) is 0 Å². The average molecular weight is 483 g/mol. The fourth-order valence-corrected chi connectivity index (χ4v) is 3.81. The van der Waals surface area contributed by atoms with E-state index in [1.165, 1.54) is 35.6 Å². The van der Waals surface area contributed by atoms with Crippen LogP contribution in [-0.2, 0) is 23.9 Å². The van der Waals surface area contributed by atoms with Crippen molar-refractivity contribution in [2.24, 2.45) is 0 Å². The summed E-state index contributed by atoms with van der Waals surface area (Å²) in [5.74, 6) is -1.30. The van der Waals surface area contributed by atoms with Gasteiger partial charge in [0.1, 0.15) is 10.8 Å². The van der Waals surface area contributed by atoms with E-state index < -0.39 is 22.3 Å². The van der Waals surface area contributed by atoms with Crippen molar-refractivity contribution in [3.63, 3.8) is 0 Å². The number of hydrogen-bond acceptors (Lipinski definition) is 6. The summed E-state index contributed by atoms with van der Waals surface area (Å²) in [7, 11) is -2.32. The molecule has 2 heterocycles. The molecule has 0 aliphatic carbocycles. The molecule has 1 aliphatic heterocycles. The van der Waals surface area contributed by atoms with Gasteiger partial charge in [-0.3, -0.25) is 9.18 Å². The summed E-state index contributed by atoms with van der Waals surface area (Å²) in [6.07, 6.45) is 3.37. The number of aromatic nitrogens is 1. The van der Waals surface area contributed by atoms with E-state index in [4.69, 9.17) is 0 Å². The number of amides is 1. The van der Waals surface area contributed by atoms with Gasteiger partial charge in [0.25, 0.3) is 5.91 Å². The van der Waals surface area contributed by atoms with Gasteiger partial charge in [-0.15, -0.1) is 11.3 Å². The molecule has 0 saturated carbocycles. The Labute approximate surface area is 210 Å². The first kappa shape index (κ1) is 28.6. The van der Waals surface area contributed by atoms with Crippen molar-refractivity contribution in [2.45, 2.75) is 18.7 Å². The van der Waals surface area contributed by atoms with Gasteiger partial charge >= 0.3 is 18.9 Å². The Hall–Kier alpha value is -2.44. The summed E-state index contributed by atoms with van der Waals surface area (Å²) in [5.41, 5.74) is 2.07. The van der Waals surface area contributed by atoms with Crippen LogP contribution in [0.4, 0.5) is 14.5 Å². The molecular weight excluding hydrogens is 461 g/mol. The SMILES string of the molecule is CCN1C(=O)/C(=C/c2nccs2)c2cc([S-](=O)=O)ccc21.[CH2-]C.[CH2-]c1ccc(F)cc1F.[Li+]. The average Bonchev–Trinajstić information content (AvgIpc) is 3.39. The van der Waals surface area contributed by atoms with Crippen LogP contribution >= 0.6 is 11.3 Å². The topological polar surface area (TPSA) is 67.3 Å². The van der Waals surface area contributed by atoms with E-state index in [0.29, 0.717) is 17.7 Å². The number of carbonyl (C=O) groups is 1. The van der Waals surface area contributed by atoms with Crippen molar-refractivity contribution < 1.29 is 40.9 Å². The van der Waals surface area contributed by atoms with Crippen LogP contribution in [-0.4, -0.2) is 17.4 Å². The Kier molecular flexibility index (Phi) is 11.5. The normalized spacial score (nSPS) is 13.0. The summed E-state index contributed by atoms with van der Waals surface area (Å²) in [6.45, 7) is 10.7. The Morgan fingerprint density at radius 1 is 1.15 bits per heavy atom. The first-order chi connectivity index (χ1) is 15.3. The second kappa shape index (κ2) is 13.3. The van der Waals surface area contributed by atoms with Crippen molar-refractivity contribution in [3.05, 3.63) is 89.6 Å². The number of rotatable bonds is 3. The van der Waals surface area contributed by atoms with Crippen molar-refractivity contribution >= 4 is 45.3 Å². The third-order valence-corrected chi connectivity index (χ3v) is 5.63. The molecule has 0 fully saturated rings. The van der Waals surface area contributed by atoms with Crippen LogP contribution in [0.15, 0.2) is 52.9 Å². The van der Waals surface area contributed by atoms with E-state index in [-0.39, 0.29) is 35.2 Å². The Bertz CT molecular complexity index is 1190. The van der Waals surface area contributed by atoms with Crippen LogP contribution in [0.3, 0.4) is 0 Å². The zero-order valence-corrected chi connectivity index (χ0v) is 20.1. The van der Waals surface area contributed by atoms with Crippen LogP contribution in [0.25, 0.3) is 11.6 Å². The standard InChI is InChI=1S/C14H11N2O3S2.C7H5F2.C2H5.Li/c1-2-16-12-4-3-9(21(18)19)7-10(12)11(14(16)17)8-13-15-5-6-20-13;1-5-2-3-6(8)4-7(5)9;1-2;/h3-8H,2H2,1H3;2-4H,1H2;1H2,2H3;/q3*-1;+1/b11-8+;;;. The summed E-state index contributed by atoms with van der Waals surface area (Å²) in [6, 6.07) is 7.98. The smallest absolute Gasteiger partial charge is 0.420 e. The fourth-order valence-electron chi connectivity index (χ4n) is 2.84. The number of hydrogen-bond donors (Lipinski definition) is 0. The van der Waals surface area contributed by atoms with Gasteiger partial charge in [-0.1, -0.05) is 23.1 Å².